The molecule has 0 unspecified atom stereocenters. The van der Waals surface area contributed by atoms with E-state index >= 15 is 0 Å². The van der Waals surface area contributed by atoms with Crippen molar-refractivity contribution in [3.8, 4) is 0 Å². The second-order valence-electron chi connectivity index (χ2n) is 7.81. The molecule has 7 nitrogen and oxygen atoms in total. The molecular formula is C25H23N3O4S2. The van der Waals surface area contributed by atoms with Crippen molar-refractivity contribution in [3.63, 3.8) is 0 Å². The molecule has 0 bridgehead atoms. The van der Waals surface area contributed by atoms with Gasteiger partial charge in [0.1, 0.15) is 0 Å². The van der Waals surface area contributed by atoms with Gasteiger partial charge in [0.05, 0.1) is 26.7 Å². The Balaban J connectivity index is 1.63. The number of nitrogens with one attached hydrogen (secondary N) is 1. The topological polar surface area (TPSA) is 96.4 Å². The minimum atomic E-state index is -3.99. The number of hydrogen-bond donors (Lipinski definition) is 1. The molecule has 1 N–H and O–H groups in total. The number of ketones is 1. The van der Waals surface area contributed by atoms with Crippen molar-refractivity contribution >= 4 is 49.0 Å². The van der Waals surface area contributed by atoms with E-state index in [1.807, 2.05) is 37.3 Å². The van der Waals surface area contributed by atoms with Gasteiger partial charge in [-0.15, -0.1) is 11.3 Å². The van der Waals surface area contributed by atoms with Gasteiger partial charge in [-0.1, -0.05) is 42.5 Å². The number of hydrogen-bond acceptors (Lipinski definition) is 6. The van der Waals surface area contributed by atoms with Crippen molar-refractivity contribution in [2.75, 3.05) is 11.9 Å². The molecule has 1 aromatic heterocycles. The molecule has 4 rings (SSSR count). The first-order valence-corrected chi connectivity index (χ1v) is 12.8. The van der Waals surface area contributed by atoms with E-state index in [1.54, 1.807) is 36.4 Å². The fourth-order valence-electron chi connectivity index (χ4n) is 3.52. The molecule has 0 saturated heterocycles. The van der Waals surface area contributed by atoms with E-state index in [4.69, 9.17) is 0 Å². The van der Waals surface area contributed by atoms with Crippen LogP contribution in [0, 0.1) is 6.92 Å². The lowest BCUT2D eigenvalue weighted by Gasteiger charge is -2.22. The highest BCUT2D eigenvalue weighted by molar-refractivity contribution is 7.89. The van der Waals surface area contributed by atoms with Crippen LogP contribution in [0.5, 0.6) is 0 Å². The average molecular weight is 494 g/mol. The van der Waals surface area contributed by atoms with Gasteiger partial charge in [-0.3, -0.25) is 9.59 Å². The number of fused-ring (bicyclic) bond motifs is 1. The maximum Gasteiger partial charge on any atom is 0.243 e. The highest BCUT2D eigenvalue weighted by Crippen LogP contribution is 2.27. The summed E-state index contributed by atoms with van der Waals surface area (Å²) in [7, 11) is -3.99. The summed E-state index contributed by atoms with van der Waals surface area (Å²) in [6.45, 7) is 2.95. The number of amides is 1. The van der Waals surface area contributed by atoms with Crippen LogP contribution >= 0.6 is 11.3 Å². The third kappa shape index (κ3) is 5.39. The van der Waals surface area contributed by atoms with E-state index in [1.165, 1.54) is 24.3 Å². The summed E-state index contributed by atoms with van der Waals surface area (Å²) >= 11 is 1.42. The molecular weight excluding hydrogens is 470 g/mol. The average Bonchev–Trinajstić information content (AvgIpc) is 3.18. The Hall–Kier alpha value is -3.40. The number of anilines is 1. The van der Waals surface area contributed by atoms with Crippen molar-refractivity contribution in [1.29, 1.82) is 0 Å². The molecule has 1 amide bonds. The monoisotopic (exact) mass is 493 g/mol. The Morgan fingerprint density at radius 2 is 1.76 bits per heavy atom. The molecule has 1 heterocycles. The fourth-order valence-corrected chi connectivity index (χ4v) is 5.87. The smallest absolute Gasteiger partial charge is 0.243 e. The van der Waals surface area contributed by atoms with E-state index in [0.717, 1.165) is 25.1 Å². The van der Waals surface area contributed by atoms with Crippen LogP contribution in [0.2, 0.25) is 0 Å². The van der Waals surface area contributed by atoms with Crippen LogP contribution in [0.4, 0.5) is 5.69 Å². The SMILES string of the molecule is CC(=O)c1cccc(NC(=O)CN(Cc2ccccc2)S(=O)(=O)c2ccc3nc(C)sc3c2)c1. The number of sulfonamides is 1. The fraction of sp³-hybridized carbons (Fsp3) is 0.160. The Bertz CT molecular complexity index is 1460. The molecule has 4 aromatic rings. The van der Waals surface area contributed by atoms with Crippen molar-refractivity contribution < 1.29 is 18.0 Å². The molecule has 0 spiro atoms. The molecule has 0 saturated carbocycles. The van der Waals surface area contributed by atoms with E-state index in [9.17, 15) is 18.0 Å². The second-order valence-corrected chi connectivity index (χ2v) is 11.0. The summed E-state index contributed by atoms with van der Waals surface area (Å²) in [6, 6.07) is 20.4. The highest BCUT2D eigenvalue weighted by Gasteiger charge is 2.27. The molecule has 34 heavy (non-hydrogen) atoms. The van der Waals surface area contributed by atoms with Gasteiger partial charge < -0.3 is 5.32 Å². The molecule has 0 radical (unpaired) electrons. The molecule has 0 aliphatic heterocycles. The van der Waals surface area contributed by atoms with Gasteiger partial charge in [-0.05, 0) is 49.7 Å². The maximum absolute atomic E-state index is 13.6. The van der Waals surface area contributed by atoms with Crippen LogP contribution in [-0.2, 0) is 21.4 Å². The molecule has 0 aliphatic carbocycles. The van der Waals surface area contributed by atoms with E-state index < -0.39 is 15.9 Å². The normalized spacial score (nSPS) is 11.6. The molecule has 174 valence electrons. The Kier molecular flexibility index (Phi) is 6.87. The first kappa shape index (κ1) is 23.7. The first-order chi connectivity index (χ1) is 16.2. The van der Waals surface area contributed by atoms with E-state index in [0.29, 0.717) is 11.3 Å². The summed E-state index contributed by atoms with van der Waals surface area (Å²) in [6.07, 6.45) is 0. The number of nitrogens with zero attached hydrogens (tertiary/aromatic N) is 2. The Morgan fingerprint density at radius 1 is 1.00 bits per heavy atom. The van der Waals surface area contributed by atoms with Gasteiger partial charge in [-0.25, -0.2) is 13.4 Å². The minimum Gasteiger partial charge on any atom is -0.325 e. The van der Waals surface area contributed by atoms with E-state index in [-0.39, 0.29) is 23.8 Å². The van der Waals surface area contributed by atoms with Gasteiger partial charge in [0, 0.05) is 17.8 Å². The number of carbonyl (C=O) groups excluding carboxylic acids is 2. The Morgan fingerprint density at radius 3 is 2.50 bits per heavy atom. The van der Waals surface area contributed by atoms with Crippen LogP contribution in [-0.4, -0.2) is 35.9 Å². The van der Waals surface area contributed by atoms with Gasteiger partial charge in [-0.2, -0.15) is 4.31 Å². The Labute approximate surface area is 202 Å². The van der Waals surface area contributed by atoms with Crippen LogP contribution < -0.4 is 5.32 Å². The second kappa shape index (κ2) is 9.84. The van der Waals surface area contributed by atoms with Gasteiger partial charge >= 0.3 is 0 Å². The molecule has 0 fully saturated rings. The number of carbonyl (C=O) groups is 2. The third-order valence-electron chi connectivity index (χ3n) is 5.18. The van der Waals surface area contributed by atoms with Gasteiger partial charge in [0.25, 0.3) is 0 Å². The number of thiazole rings is 1. The molecule has 0 atom stereocenters. The zero-order valence-corrected chi connectivity index (χ0v) is 20.3. The summed E-state index contributed by atoms with van der Waals surface area (Å²) in [5, 5.41) is 3.55. The van der Waals surface area contributed by atoms with Crippen molar-refractivity contribution in [3.05, 3.63) is 88.9 Å². The summed E-state index contributed by atoms with van der Waals surface area (Å²) in [4.78, 5) is 29.0. The quantitative estimate of drug-likeness (QED) is 0.361. The number of aryl methyl sites for hydroxylation is 1. The van der Waals surface area contributed by atoms with E-state index in [2.05, 4.69) is 10.3 Å². The maximum atomic E-state index is 13.6. The first-order valence-electron chi connectivity index (χ1n) is 10.5. The largest absolute Gasteiger partial charge is 0.325 e. The lowest BCUT2D eigenvalue weighted by atomic mass is 10.1. The van der Waals surface area contributed by atoms with Gasteiger partial charge in [0.2, 0.25) is 15.9 Å². The predicted octanol–water partition coefficient (Wildman–Crippen LogP) is 4.64. The number of Topliss-reactive ketones (excluding diaryl/α,β-unsaturated/α-hetero) is 1. The number of rotatable bonds is 8. The van der Waals surface area contributed by atoms with Crippen molar-refractivity contribution in [2.45, 2.75) is 25.3 Å². The number of benzene rings is 3. The van der Waals surface area contributed by atoms with Crippen molar-refractivity contribution in [2.24, 2.45) is 0 Å². The lowest BCUT2D eigenvalue weighted by Crippen LogP contribution is -2.37. The predicted molar refractivity (Wildman–Crippen MR) is 133 cm³/mol. The molecule has 9 heteroatoms. The van der Waals surface area contributed by atoms with Gasteiger partial charge in [0.15, 0.2) is 5.78 Å². The lowest BCUT2D eigenvalue weighted by molar-refractivity contribution is -0.116. The molecule has 3 aromatic carbocycles. The minimum absolute atomic E-state index is 0.0316. The van der Waals surface area contributed by atoms with Crippen LogP contribution in [0.25, 0.3) is 10.2 Å². The van der Waals surface area contributed by atoms with Crippen LogP contribution in [0.1, 0.15) is 27.9 Å². The molecule has 0 aliphatic rings. The number of aromatic nitrogens is 1. The summed E-state index contributed by atoms with van der Waals surface area (Å²) in [5.41, 5.74) is 2.38. The zero-order chi connectivity index (χ0) is 24.3. The third-order valence-corrected chi connectivity index (χ3v) is 7.90. The summed E-state index contributed by atoms with van der Waals surface area (Å²) in [5.74, 6) is -0.631. The zero-order valence-electron chi connectivity index (χ0n) is 18.7. The van der Waals surface area contributed by atoms with Crippen LogP contribution in [0.15, 0.2) is 77.7 Å². The standard InChI is InChI=1S/C25H23N3O4S2/c1-17(29)20-9-6-10-21(13-20)27-25(30)16-28(15-19-7-4-3-5-8-19)34(31,32)22-11-12-23-24(14-22)33-18(2)26-23/h3-14H,15-16H2,1-2H3,(H,27,30). The summed E-state index contributed by atoms with van der Waals surface area (Å²) < 4.78 is 29.1. The van der Waals surface area contributed by atoms with Crippen molar-refractivity contribution in [1.82, 2.24) is 9.29 Å². The van der Waals surface area contributed by atoms with Crippen LogP contribution in [0.3, 0.4) is 0 Å². The highest BCUT2D eigenvalue weighted by atomic mass is 32.2.